The number of fused-ring (bicyclic) bond motifs is 1. The van der Waals surface area contributed by atoms with E-state index in [4.69, 9.17) is 0 Å². The lowest BCUT2D eigenvalue weighted by atomic mass is 9.89. The molecule has 1 aliphatic carbocycles. The summed E-state index contributed by atoms with van der Waals surface area (Å²) in [5.74, 6) is 0.567. The van der Waals surface area contributed by atoms with E-state index < -0.39 is 10.0 Å². The third-order valence-electron chi connectivity index (χ3n) is 7.68. The van der Waals surface area contributed by atoms with Crippen LogP contribution in [0, 0.1) is 0 Å². The molecule has 2 N–H and O–H groups in total. The van der Waals surface area contributed by atoms with Gasteiger partial charge in [-0.15, -0.1) is 0 Å². The van der Waals surface area contributed by atoms with Crippen molar-refractivity contribution in [3.05, 3.63) is 59.8 Å². The van der Waals surface area contributed by atoms with Gasteiger partial charge in [0.15, 0.2) is 0 Å². The fourth-order valence-corrected chi connectivity index (χ4v) is 6.43. The van der Waals surface area contributed by atoms with Crippen molar-refractivity contribution < 1.29 is 8.42 Å². The van der Waals surface area contributed by atoms with Gasteiger partial charge in [-0.2, -0.15) is 0 Å². The van der Waals surface area contributed by atoms with Gasteiger partial charge in [-0.3, -0.25) is 0 Å². The predicted molar refractivity (Wildman–Crippen MR) is 136 cm³/mol. The largest absolute Gasteiger partial charge is 0.361 e. The molecule has 2 fully saturated rings. The van der Waals surface area contributed by atoms with Crippen molar-refractivity contribution in [1.82, 2.24) is 14.6 Å². The molecule has 5 nitrogen and oxygen atoms in total. The Hall–Kier alpha value is -2.15. The van der Waals surface area contributed by atoms with Gasteiger partial charge in [-0.25, -0.2) is 12.7 Å². The molecule has 0 bridgehead atoms. The summed E-state index contributed by atoms with van der Waals surface area (Å²) in [5.41, 5.74) is 6.27. The van der Waals surface area contributed by atoms with Crippen molar-refractivity contribution in [1.29, 1.82) is 0 Å². The molecule has 0 radical (unpaired) electrons. The zero-order chi connectivity index (χ0) is 23.0. The summed E-state index contributed by atoms with van der Waals surface area (Å²) in [6.45, 7) is 5.21. The molecule has 0 amide bonds. The van der Waals surface area contributed by atoms with Crippen LogP contribution in [0.5, 0.6) is 0 Å². The Bertz CT molecular complexity index is 1220. The highest BCUT2D eigenvalue weighted by Crippen LogP contribution is 2.36. The second-order valence-corrected chi connectivity index (χ2v) is 12.0. The highest BCUT2D eigenvalue weighted by molar-refractivity contribution is 7.89. The molecule has 2 aromatic carbocycles. The van der Waals surface area contributed by atoms with Crippen molar-refractivity contribution in [2.45, 2.75) is 64.0 Å². The summed E-state index contributed by atoms with van der Waals surface area (Å²) in [4.78, 5) is 3.44. The monoisotopic (exact) mass is 465 g/mol. The molecule has 3 aromatic rings. The standard InChI is InChI=1S/C27H35N3O2S/c1-3-33(31,32)30-14-12-20(13-15-30)26-18-28-27-11-10-23(17-25(26)27)22-7-4-6-21(16-22)19(2)29-24-8-5-9-24/h4,6-7,10-11,16-20,24,28-29H,3,5,8-9,12-15H2,1-2H3. The molecule has 1 saturated heterocycles. The maximum Gasteiger partial charge on any atom is 0.213 e. The highest BCUT2D eigenvalue weighted by atomic mass is 32.2. The van der Waals surface area contributed by atoms with Crippen LogP contribution in [0.25, 0.3) is 22.0 Å². The Morgan fingerprint density at radius 1 is 1.06 bits per heavy atom. The van der Waals surface area contributed by atoms with Gasteiger partial charge in [0.05, 0.1) is 5.75 Å². The van der Waals surface area contributed by atoms with E-state index in [1.165, 1.54) is 46.9 Å². The van der Waals surface area contributed by atoms with E-state index in [1.807, 2.05) is 0 Å². The average Bonchev–Trinajstić information content (AvgIpc) is 3.24. The molecule has 176 valence electrons. The number of hydrogen-bond acceptors (Lipinski definition) is 3. The lowest BCUT2D eigenvalue weighted by molar-refractivity contribution is 0.313. The SMILES string of the molecule is CCS(=O)(=O)N1CCC(c2c[nH]c3ccc(-c4cccc(C(C)NC5CCC5)c4)cc23)CC1. The first-order valence-electron chi connectivity index (χ1n) is 12.4. The van der Waals surface area contributed by atoms with Crippen molar-refractivity contribution in [3.8, 4) is 11.1 Å². The summed E-state index contributed by atoms with van der Waals surface area (Å²) in [6, 6.07) is 16.6. The van der Waals surface area contributed by atoms with E-state index in [0.29, 0.717) is 31.1 Å². The fraction of sp³-hybridized carbons (Fsp3) is 0.481. The molecule has 2 heterocycles. The molecule has 1 unspecified atom stereocenters. The third-order valence-corrected chi connectivity index (χ3v) is 9.56. The highest BCUT2D eigenvalue weighted by Gasteiger charge is 2.28. The van der Waals surface area contributed by atoms with Crippen molar-refractivity contribution in [3.63, 3.8) is 0 Å². The van der Waals surface area contributed by atoms with Crippen LogP contribution in [0.2, 0.25) is 0 Å². The van der Waals surface area contributed by atoms with Gasteiger partial charge in [-0.1, -0.05) is 30.7 Å². The molecule has 1 atom stereocenters. The first-order valence-corrected chi connectivity index (χ1v) is 14.0. The topological polar surface area (TPSA) is 65.2 Å². The van der Waals surface area contributed by atoms with E-state index >= 15 is 0 Å². The number of H-pyrrole nitrogens is 1. The molecule has 6 heteroatoms. The minimum absolute atomic E-state index is 0.183. The van der Waals surface area contributed by atoms with Crippen LogP contribution < -0.4 is 5.32 Å². The Labute approximate surface area is 197 Å². The second kappa shape index (κ2) is 9.24. The van der Waals surface area contributed by atoms with Crippen LogP contribution in [0.3, 0.4) is 0 Å². The Morgan fingerprint density at radius 2 is 1.82 bits per heavy atom. The zero-order valence-corrected chi connectivity index (χ0v) is 20.5. The summed E-state index contributed by atoms with van der Waals surface area (Å²) in [5, 5.41) is 5.01. The van der Waals surface area contributed by atoms with Crippen LogP contribution in [0.4, 0.5) is 0 Å². The normalized spacial score (nSPS) is 19.6. The van der Waals surface area contributed by atoms with Crippen molar-refractivity contribution >= 4 is 20.9 Å². The van der Waals surface area contributed by atoms with E-state index in [9.17, 15) is 8.42 Å². The molecule has 1 aromatic heterocycles. The number of nitrogens with one attached hydrogen (secondary N) is 2. The van der Waals surface area contributed by atoms with Gasteiger partial charge < -0.3 is 10.3 Å². The van der Waals surface area contributed by atoms with Gasteiger partial charge in [0.2, 0.25) is 10.0 Å². The molecule has 1 aliphatic heterocycles. The summed E-state index contributed by atoms with van der Waals surface area (Å²) >= 11 is 0. The van der Waals surface area contributed by atoms with E-state index in [0.717, 1.165) is 18.4 Å². The van der Waals surface area contributed by atoms with Crippen LogP contribution in [0.15, 0.2) is 48.7 Å². The quantitative estimate of drug-likeness (QED) is 0.480. The number of aromatic amines is 1. The van der Waals surface area contributed by atoms with Crippen LogP contribution in [-0.4, -0.2) is 42.6 Å². The number of hydrogen-bond donors (Lipinski definition) is 2. The van der Waals surface area contributed by atoms with Gasteiger partial charge in [0.25, 0.3) is 0 Å². The minimum atomic E-state index is -3.10. The maximum atomic E-state index is 12.2. The number of aromatic nitrogens is 1. The number of piperidine rings is 1. The number of benzene rings is 2. The first kappa shape index (κ1) is 22.6. The molecule has 33 heavy (non-hydrogen) atoms. The van der Waals surface area contributed by atoms with Gasteiger partial charge in [-0.05, 0) is 85.9 Å². The molecule has 0 spiro atoms. The summed E-state index contributed by atoms with van der Waals surface area (Å²) < 4.78 is 26.1. The average molecular weight is 466 g/mol. The molecular formula is C27H35N3O2S. The van der Waals surface area contributed by atoms with Gasteiger partial charge in [0.1, 0.15) is 0 Å². The number of nitrogens with zero attached hydrogens (tertiary/aromatic N) is 1. The number of sulfonamides is 1. The predicted octanol–water partition coefficient (Wildman–Crippen LogP) is 5.57. The smallest absolute Gasteiger partial charge is 0.213 e. The van der Waals surface area contributed by atoms with Crippen LogP contribution >= 0.6 is 0 Å². The molecule has 5 rings (SSSR count). The first-order chi connectivity index (χ1) is 15.9. The van der Waals surface area contributed by atoms with Crippen LogP contribution in [-0.2, 0) is 10.0 Å². The van der Waals surface area contributed by atoms with Gasteiger partial charge in [0, 0.05) is 42.3 Å². The Kier molecular flexibility index (Phi) is 6.34. The van der Waals surface area contributed by atoms with Gasteiger partial charge >= 0.3 is 0 Å². The lowest BCUT2D eigenvalue weighted by Crippen LogP contribution is -2.38. The van der Waals surface area contributed by atoms with Crippen LogP contribution in [0.1, 0.15) is 69.0 Å². The Morgan fingerprint density at radius 3 is 2.52 bits per heavy atom. The maximum absolute atomic E-state index is 12.2. The molecule has 2 aliphatic rings. The van der Waals surface area contributed by atoms with Crippen molar-refractivity contribution in [2.24, 2.45) is 0 Å². The number of rotatable bonds is 7. The third kappa shape index (κ3) is 4.61. The minimum Gasteiger partial charge on any atom is -0.361 e. The fourth-order valence-electron chi connectivity index (χ4n) is 5.30. The summed E-state index contributed by atoms with van der Waals surface area (Å²) in [7, 11) is -3.10. The van der Waals surface area contributed by atoms with E-state index in [1.54, 1.807) is 11.2 Å². The lowest BCUT2D eigenvalue weighted by Gasteiger charge is -2.31. The van der Waals surface area contributed by atoms with Crippen molar-refractivity contribution in [2.75, 3.05) is 18.8 Å². The second-order valence-electron chi connectivity index (χ2n) is 9.72. The molecule has 1 saturated carbocycles. The zero-order valence-electron chi connectivity index (χ0n) is 19.7. The van der Waals surface area contributed by atoms with E-state index in [-0.39, 0.29) is 5.75 Å². The Balaban J connectivity index is 1.37. The molecular weight excluding hydrogens is 430 g/mol. The summed E-state index contributed by atoms with van der Waals surface area (Å²) in [6.07, 6.45) is 7.80. The van der Waals surface area contributed by atoms with E-state index in [2.05, 4.69) is 65.9 Å².